The SMILES string of the molecule is C=C1CC[C@@H]2[C@](C)(CCC[C@]2(C)C(=O)NCCNC(C)=O)[C@H]1CCc1ccoc1. The summed E-state index contributed by atoms with van der Waals surface area (Å²) in [5, 5.41) is 5.84. The van der Waals surface area contributed by atoms with Crippen molar-refractivity contribution in [3.63, 3.8) is 0 Å². The number of allylic oxidation sites excluding steroid dienone is 1. The van der Waals surface area contributed by atoms with Crippen LogP contribution in [0.3, 0.4) is 0 Å². The minimum Gasteiger partial charge on any atom is -0.472 e. The molecule has 1 aromatic rings. The van der Waals surface area contributed by atoms with Crippen LogP contribution in [-0.2, 0) is 16.0 Å². The molecule has 0 spiro atoms. The van der Waals surface area contributed by atoms with Crippen molar-refractivity contribution in [3.05, 3.63) is 36.3 Å². The third-order valence-corrected chi connectivity index (χ3v) is 7.62. The van der Waals surface area contributed by atoms with Gasteiger partial charge in [0, 0.05) is 25.4 Å². The van der Waals surface area contributed by atoms with Gasteiger partial charge in [0.2, 0.25) is 11.8 Å². The molecule has 1 aromatic heterocycles. The first-order valence-corrected chi connectivity index (χ1v) is 11.0. The smallest absolute Gasteiger partial charge is 0.226 e. The normalized spacial score (nSPS) is 31.8. The lowest BCUT2D eigenvalue weighted by Gasteiger charge is -2.58. The number of rotatable bonds is 7. The first-order valence-electron chi connectivity index (χ1n) is 11.0. The Bertz CT molecular complexity index is 741. The number of carbonyl (C=O) groups is 2. The first kappa shape index (κ1) is 21.7. The summed E-state index contributed by atoms with van der Waals surface area (Å²) < 4.78 is 5.24. The maximum atomic E-state index is 13.2. The van der Waals surface area contributed by atoms with E-state index < -0.39 is 0 Å². The fraction of sp³-hybridized carbons (Fsp3) is 0.667. The average molecular weight is 401 g/mol. The van der Waals surface area contributed by atoms with Crippen LogP contribution in [0.15, 0.2) is 35.2 Å². The largest absolute Gasteiger partial charge is 0.472 e. The number of furan rings is 1. The molecule has 0 aliphatic heterocycles. The van der Waals surface area contributed by atoms with Crippen LogP contribution in [-0.4, -0.2) is 24.9 Å². The van der Waals surface area contributed by atoms with Gasteiger partial charge in [-0.25, -0.2) is 0 Å². The van der Waals surface area contributed by atoms with E-state index in [0.717, 1.165) is 44.9 Å². The molecule has 0 saturated heterocycles. The van der Waals surface area contributed by atoms with Gasteiger partial charge in [-0.05, 0) is 67.4 Å². The molecule has 2 N–H and O–H groups in total. The average Bonchev–Trinajstić information content (AvgIpc) is 3.17. The molecule has 2 fully saturated rings. The third-order valence-electron chi connectivity index (χ3n) is 7.62. The van der Waals surface area contributed by atoms with E-state index in [1.165, 1.54) is 18.1 Å². The van der Waals surface area contributed by atoms with Gasteiger partial charge in [-0.3, -0.25) is 9.59 Å². The molecule has 4 atom stereocenters. The Balaban J connectivity index is 1.72. The van der Waals surface area contributed by atoms with Gasteiger partial charge in [-0.1, -0.05) is 32.4 Å². The van der Waals surface area contributed by atoms with E-state index in [1.54, 1.807) is 6.26 Å². The second-order valence-corrected chi connectivity index (χ2v) is 9.49. The number of hydrogen-bond donors (Lipinski definition) is 2. The van der Waals surface area contributed by atoms with E-state index in [1.807, 2.05) is 12.3 Å². The fourth-order valence-electron chi connectivity index (χ4n) is 6.12. The van der Waals surface area contributed by atoms with Crippen molar-refractivity contribution < 1.29 is 14.0 Å². The summed E-state index contributed by atoms with van der Waals surface area (Å²) in [5.41, 5.74) is 2.32. The number of nitrogens with one attached hydrogen (secondary N) is 2. The zero-order valence-electron chi connectivity index (χ0n) is 18.2. The number of carbonyl (C=O) groups excluding carboxylic acids is 2. The predicted molar refractivity (Wildman–Crippen MR) is 114 cm³/mol. The van der Waals surface area contributed by atoms with Crippen molar-refractivity contribution in [3.8, 4) is 0 Å². The van der Waals surface area contributed by atoms with Crippen LogP contribution in [0.1, 0.15) is 64.9 Å². The quantitative estimate of drug-likeness (QED) is 0.531. The summed E-state index contributed by atoms with van der Waals surface area (Å²) in [4.78, 5) is 24.3. The molecule has 2 amide bonds. The highest BCUT2D eigenvalue weighted by Gasteiger charge is 2.56. The van der Waals surface area contributed by atoms with E-state index in [0.29, 0.717) is 24.9 Å². The van der Waals surface area contributed by atoms with Gasteiger partial charge in [0.25, 0.3) is 0 Å². The molecule has 160 valence electrons. The minimum absolute atomic E-state index is 0.0676. The molecular formula is C24H36N2O3. The monoisotopic (exact) mass is 400 g/mol. The Morgan fingerprint density at radius 1 is 1.24 bits per heavy atom. The molecule has 0 radical (unpaired) electrons. The zero-order chi connectivity index (χ0) is 21.1. The Morgan fingerprint density at radius 3 is 2.69 bits per heavy atom. The van der Waals surface area contributed by atoms with E-state index in [2.05, 4.69) is 31.1 Å². The van der Waals surface area contributed by atoms with Gasteiger partial charge in [-0.2, -0.15) is 0 Å². The lowest BCUT2D eigenvalue weighted by Crippen LogP contribution is -2.56. The van der Waals surface area contributed by atoms with Crippen molar-refractivity contribution in [1.82, 2.24) is 10.6 Å². The molecule has 0 unspecified atom stereocenters. The number of aryl methyl sites for hydroxylation is 1. The molecule has 2 aliphatic rings. The van der Waals surface area contributed by atoms with Crippen LogP contribution in [0, 0.1) is 22.7 Å². The van der Waals surface area contributed by atoms with Crippen LogP contribution >= 0.6 is 0 Å². The molecule has 0 bridgehead atoms. The summed E-state index contributed by atoms with van der Waals surface area (Å²) >= 11 is 0. The highest BCUT2D eigenvalue weighted by Crippen LogP contribution is 2.61. The molecule has 5 heteroatoms. The first-order chi connectivity index (χ1) is 13.8. The van der Waals surface area contributed by atoms with Gasteiger partial charge in [0.15, 0.2) is 0 Å². The highest BCUT2D eigenvalue weighted by atomic mass is 16.3. The lowest BCUT2D eigenvalue weighted by atomic mass is 9.46. The summed E-state index contributed by atoms with van der Waals surface area (Å²) in [6.07, 6.45) is 10.8. The van der Waals surface area contributed by atoms with Crippen molar-refractivity contribution in [2.24, 2.45) is 22.7 Å². The standard InChI is InChI=1S/C24H36N2O3/c1-17-6-9-21-23(3,20(17)8-7-19-10-15-29-16-19)11-5-12-24(21,4)22(28)26-14-13-25-18(2)27/h10,15-16,20-21H,1,5-9,11-14H2,2-4H3,(H,25,27)(H,26,28)/t20-,21+,23+,24-/m0/s1. The summed E-state index contributed by atoms with van der Waals surface area (Å²) in [6, 6.07) is 2.04. The number of hydrogen-bond acceptors (Lipinski definition) is 3. The molecule has 2 saturated carbocycles. The van der Waals surface area contributed by atoms with E-state index in [-0.39, 0.29) is 22.6 Å². The Morgan fingerprint density at radius 2 is 2.00 bits per heavy atom. The molecule has 5 nitrogen and oxygen atoms in total. The maximum Gasteiger partial charge on any atom is 0.226 e. The number of amides is 2. The summed E-state index contributed by atoms with van der Waals surface area (Å²) in [6.45, 7) is 11.4. The van der Waals surface area contributed by atoms with Crippen molar-refractivity contribution >= 4 is 11.8 Å². The van der Waals surface area contributed by atoms with Gasteiger partial charge in [-0.15, -0.1) is 0 Å². The van der Waals surface area contributed by atoms with Crippen LogP contribution in [0.5, 0.6) is 0 Å². The molecule has 2 aliphatic carbocycles. The molecule has 3 rings (SSSR count). The van der Waals surface area contributed by atoms with Gasteiger partial charge in [0.1, 0.15) is 0 Å². The van der Waals surface area contributed by atoms with Crippen LogP contribution in [0.2, 0.25) is 0 Å². The van der Waals surface area contributed by atoms with E-state index >= 15 is 0 Å². The van der Waals surface area contributed by atoms with Crippen LogP contribution in [0.25, 0.3) is 0 Å². The van der Waals surface area contributed by atoms with Crippen molar-refractivity contribution in [2.45, 2.75) is 65.7 Å². The van der Waals surface area contributed by atoms with Crippen molar-refractivity contribution in [2.75, 3.05) is 13.1 Å². The molecule has 0 aromatic carbocycles. The van der Waals surface area contributed by atoms with Gasteiger partial charge >= 0.3 is 0 Å². The number of fused-ring (bicyclic) bond motifs is 1. The molecule has 1 heterocycles. The van der Waals surface area contributed by atoms with E-state index in [4.69, 9.17) is 4.42 Å². The van der Waals surface area contributed by atoms with Gasteiger partial charge < -0.3 is 15.1 Å². The fourth-order valence-corrected chi connectivity index (χ4v) is 6.12. The zero-order valence-corrected chi connectivity index (χ0v) is 18.2. The maximum absolute atomic E-state index is 13.2. The third kappa shape index (κ3) is 4.44. The van der Waals surface area contributed by atoms with Gasteiger partial charge in [0.05, 0.1) is 12.5 Å². The van der Waals surface area contributed by atoms with E-state index in [9.17, 15) is 9.59 Å². The second-order valence-electron chi connectivity index (χ2n) is 9.49. The molecule has 29 heavy (non-hydrogen) atoms. The van der Waals surface area contributed by atoms with Crippen LogP contribution in [0.4, 0.5) is 0 Å². The lowest BCUT2D eigenvalue weighted by molar-refractivity contribution is -0.146. The minimum atomic E-state index is -0.363. The Kier molecular flexibility index (Phi) is 6.55. The topological polar surface area (TPSA) is 71.3 Å². The van der Waals surface area contributed by atoms with Crippen molar-refractivity contribution in [1.29, 1.82) is 0 Å². The Labute approximate surface area is 174 Å². The highest BCUT2D eigenvalue weighted by molar-refractivity contribution is 5.83. The second kappa shape index (κ2) is 8.76. The summed E-state index contributed by atoms with van der Waals surface area (Å²) in [5.74, 6) is 0.856. The molecular weight excluding hydrogens is 364 g/mol. The van der Waals surface area contributed by atoms with Crippen LogP contribution < -0.4 is 10.6 Å². The Hall–Kier alpha value is -2.04. The predicted octanol–water partition coefficient (Wildman–Crippen LogP) is 4.24. The summed E-state index contributed by atoms with van der Waals surface area (Å²) in [7, 11) is 0.